The number of benzene rings is 2. The Hall–Kier alpha value is -3.49. The smallest absolute Gasteiger partial charge is 0.246 e. The van der Waals surface area contributed by atoms with Gasteiger partial charge in [-0.3, -0.25) is 4.79 Å². The lowest BCUT2D eigenvalue weighted by atomic mass is 9.85. The Morgan fingerprint density at radius 1 is 1.22 bits per heavy atom. The molecule has 1 amide bonds. The predicted octanol–water partition coefficient (Wildman–Crippen LogP) is 3.67. The van der Waals surface area contributed by atoms with E-state index in [4.69, 9.17) is 16.6 Å². The van der Waals surface area contributed by atoms with E-state index in [2.05, 4.69) is 11.6 Å². The lowest BCUT2D eigenvalue weighted by Gasteiger charge is -2.35. The summed E-state index contributed by atoms with van der Waals surface area (Å²) >= 11 is 6.74. The summed E-state index contributed by atoms with van der Waals surface area (Å²) in [5.74, 6) is 0.269. The zero-order chi connectivity index (χ0) is 25.6. The Kier molecular flexibility index (Phi) is 6.40. The third-order valence-electron chi connectivity index (χ3n) is 6.68. The van der Waals surface area contributed by atoms with E-state index in [1.807, 2.05) is 29.2 Å². The molecule has 3 aromatic rings. The molecule has 1 unspecified atom stereocenters. The molecule has 9 heteroatoms. The fourth-order valence-electron chi connectivity index (χ4n) is 4.87. The van der Waals surface area contributed by atoms with Crippen molar-refractivity contribution >= 4 is 45.8 Å². The maximum absolute atomic E-state index is 16.3. The molecule has 0 spiro atoms. The van der Waals surface area contributed by atoms with Crippen molar-refractivity contribution in [2.75, 3.05) is 50.1 Å². The molecule has 2 aromatic carbocycles. The zero-order valence-corrected chi connectivity index (χ0v) is 21.0. The molecule has 2 aliphatic rings. The van der Waals surface area contributed by atoms with Gasteiger partial charge in [0.15, 0.2) is 5.82 Å². The third-order valence-corrected chi connectivity index (χ3v) is 6.98. The number of anilines is 2. The second-order valence-corrected chi connectivity index (χ2v) is 9.62. The summed E-state index contributed by atoms with van der Waals surface area (Å²) in [5.41, 5.74) is 2.70. The molecule has 0 radical (unpaired) electrons. The second kappa shape index (κ2) is 9.52. The number of carbonyl (C=O) groups is 1. The molecule has 2 heterocycles. The molecular formula is C27H27ClFN5O2. The van der Waals surface area contributed by atoms with Gasteiger partial charge in [-0.2, -0.15) is 4.98 Å². The number of hydrogen-bond acceptors (Lipinski definition) is 6. The fraction of sp³-hybridized carbons (Fsp3) is 0.296. The van der Waals surface area contributed by atoms with E-state index < -0.39 is 11.9 Å². The molecule has 1 atom stereocenters. The van der Waals surface area contributed by atoms with E-state index in [1.54, 1.807) is 36.0 Å². The summed E-state index contributed by atoms with van der Waals surface area (Å²) in [7, 11) is 3.60. The highest BCUT2D eigenvalue weighted by molar-refractivity contribution is 6.33. The van der Waals surface area contributed by atoms with Gasteiger partial charge in [-0.05, 0) is 34.9 Å². The molecular weight excluding hydrogens is 481 g/mol. The van der Waals surface area contributed by atoms with Gasteiger partial charge in [0.1, 0.15) is 11.3 Å². The van der Waals surface area contributed by atoms with Gasteiger partial charge < -0.3 is 19.8 Å². The van der Waals surface area contributed by atoms with Crippen molar-refractivity contribution < 1.29 is 14.3 Å². The predicted molar refractivity (Wildman–Crippen MR) is 141 cm³/mol. The van der Waals surface area contributed by atoms with Crippen LogP contribution in [0.25, 0.3) is 16.5 Å². The average Bonchev–Trinajstić information content (AvgIpc) is 2.87. The first kappa shape index (κ1) is 24.2. The maximum Gasteiger partial charge on any atom is 0.246 e. The summed E-state index contributed by atoms with van der Waals surface area (Å²) in [4.78, 5) is 26.8. The van der Waals surface area contributed by atoms with Crippen molar-refractivity contribution in [3.8, 4) is 0 Å². The molecule has 36 heavy (non-hydrogen) atoms. The number of aliphatic hydroxyl groups excluding tert-OH is 1. The minimum absolute atomic E-state index is 0.113. The molecule has 5 rings (SSSR count). The SMILES string of the molecule is C=CC(=O)N1CCN(c2nc(N(C)C)nc3c(F)c(C4=CC(O)Cc5ccccc54)c(Cl)cc23)CC1. The monoisotopic (exact) mass is 507 g/mol. The van der Waals surface area contributed by atoms with E-state index in [-0.39, 0.29) is 22.0 Å². The van der Waals surface area contributed by atoms with Crippen molar-refractivity contribution in [1.82, 2.24) is 14.9 Å². The summed E-state index contributed by atoms with van der Waals surface area (Å²) in [6, 6.07) is 9.33. The zero-order valence-electron chi connectivity index (χ0n) is 20.2. The van der Waals surface area contributed by atoms with Crippen LogP contribution >= 0.6 is 11.6 Å². The van der Waals surface area contributed by atoms with Crippen LogP contribution in [-0.4, -0.2) is 72.3 Å². The number of rotatable bonds is 4. The number of aliphatic hydroxyl groups is 1. The molecule has 0 bridgehead atoms. The van der Waals surface area contributed by atoms with Gasteiger partial charge in [-0.15, -0.1) is 0 Å². The molecule has 1 aliphatic carbocycles. The van der Waals surface area contributed by atoms with Crippen molar-refractivity contribution in [1.29, 1.82) is 0 Å². The summed E-state index contributed by atoms with van der Waals surface area (Å²) in [6.45, 7) is 5.63. The minimum atomic E-state index is -0.742. The molecule has 1 aromatic heterocycles. The number of halogens is 2. The van der Waals surface area contributed by atoms with Crippen LogP contribution in [0.1, 0.15) is 16.7 Å². The molecule has 1 aliphatic heterocycles. The summed E-state index contributed by atoms with van der Waals surface area (Å²) in [6.07, 6.45) is 2.69. The highest BCUT2D eigenvalue weighted by Gasteiger charge is 2.28. The number of carbonyl (C=O) groups excluding carboxylic acids is 1. The van der Waals surface area contributed by atoms with Crippen LogP contribution in [0.3, 0.4) is 0 Å². The van der Waals surface area contributed by atoms with E-state index >= 15 is 4.39 Å². The van der Waals surface area contributed by atoms with Crippen LogP contribution in [0, 0.1) is 5.82 Å². The largest absolute Gasteiger partial charge is 0.389 e. The van der Waals surface area contributed by atoms with Crippen LogP contribution in [0.4, 0.5) is 16.2 Å². The number of fused-ring (bicyclic) bond motifs is 2. The Bertz CT molecular complexity index is 1400. The fourth-order valence-corrected chi connectivity index (χ4v) is 5.16. The van der Waals surface area contributed by atoms with E-state index in [1.165, 1.54) is 6.08 Å². The first-order chi connectivity index (χ1) is 17.3. The highest BCUT2D eigenvalue weighted by atomic mass is 35.5. The maximum atomic E-state index is 16.3. The highest BCUT2D eigenvalue weighted by Crippen LogP contribution is 2.41. The first-order valence-electron chi connectivity index (χ1n) is 11.8. The number of piperazine rings is 1. The number of aromatic nitrogens is 2. The molecule has 1 fully saturated rings. The number of amides is 1. The topological polar surface area (TPSA) is 72.8 Å². The molecule has 0 saturated carbocycles. The Morgan fingerprint density at radius 2 is 1.94 bits per heavy atom. The average molecular weight is 508 g/mol. The van der Waals surface area contributed by atoms with E-state index in [0.29, 0.717) is 55.3 Å². The van der Waals surface area contributed by atoms with E-state index in [9.17, 15) is 9.90 Å². The standard InChI is InChI=1S/C27H27ClFN5O2/c1-4-22(36)33-9-11-34(12-10-33)26-20-15-21(28)23(24(29)25(20)30-27(31-26)32(2)3)19-14-17(35)13-16-7-5-6-8-18(16)19/h4-8,14-15,17,35H,1,9-13H2,2-3H3. The van der Waals surface area contributed by atoms with Crippen molar-refractivity contribution in [2.24, 2.45) is 0 Å². The van der Waals surface area contributed by atoms with Gasteiger partial charge in [0.05, 0.1) is 11.1 Å². The van der Waals surface area contributed by atoms with Gasteiger partial charge >= 0.3 is 0 Å². The number of hydrogen-bond donors (Lipinski definition) is 1. The van der Waals surface area contributed by atoms with Crippen LogP contribution in [-0.2, 0) is 11.2 Å². The van der Waals surface area contributed by atoms with E-state index in [0.717, 1.165) is 11.1 Å². The van der Waals surface area contributed by atoms with Crippen LogP contribution in [0.15, 0.2) is 49.1 Å². The first-order valence-corrected chi connectivity index (χ1v) is 12.2. The number of nitrogens with zero attached hydrogens (tertiary/aromatic N) is 5. The van der Waals surface area contributed by atoms with Gasteiger partial charge in [0.25, 0.3) is 0 Å². The van der Waals surface area contributed by atoms with Crippen LogP contribution in [0.5, 0.6) is 0 Å². The van der Waals surface area contributed by atoms with Crippen molar-refractivity contribution in [2.45, 2.75) is 12.5 Å². The molecule has 186 valence electrons. The van der Waals surface area contributed by atoms with Gasteiger partial charge in [-0.25, -0.2) is 9.37 Å². The molecule has 1 saturated heterocycles. The van der Waals surface area contributed by atoms with Crippen LogP contribution in [0.2, 0.25) is 5.02 Å². The Labute approximate surface area is 214 Å². The molecule has 7 nitrogen and oxygen atoms in total. The van der Waals surface area contributed by atoms with Gasteiger partial charge in [-0.1, -0.05) is 42.4 Å². The summed E-state index contributed by atoms with van der Waals surface area (Å²) < 4.78 is 16.3. The lowest BCUT2D eigenvalue weighted by molar-refractivity contribution is -0.126. The Balaban J connectivity index is 1.66. The second-order valence-electron chi connectivity index (χ2n) is 9.21. The summed E-state index contributed by atoms with van der Waals surface area (Å²) in [5, 5.41) is 11.2. The van der Waals surface area contributed by atoms with Crippen molar-refractivity contribution in [3.05, 3.63) is 76.6 Å². The Morgan fingerprint density at radius 3 is 2.64 bits per heavy atom. The van der Waals surface area contributed by atoms with Crippen LogP contribution < -0.4 is 9.80 Å². The normalized spacial score (nSPS) is 17.6. The molecule has 1 N–H and O–H groups in total. The van der Waals surface area contributed by atoms with Crippen molar-refractivity contribution in [3.63, 3.8) is 0 Å². The van der Waals surface area contributed by atoms with Gasteiger partial charge in [0, 0.05) is 57.6 Å². The third kappa shape index (κ3) is 4.20. The van der Waals surface area contributed by atoms with Gasteiger partial charge in [0.2, 0.25) is 11.9 Å². The lowest BCUT2D eigenvalue weighted by Crippen LogP contribution is -2.48. The quantitative estimate of drug-likeness (QED) is 0.543. The minimum Gasteiger partial charge on any atom is -0.389 e.